The summed E-state index contributed by atoms with van der Waals surface area (Å²) in [6, 6.07) is 7.88. The molecule has 0 fully saturated rings. The summed E-state index contributed by atoms with van der Waals surface area (Å²) in [5.74, 6) is 0.0106. The number of carbonyl (C=O) groups is 1. The van der Waals surface area contributed by atoms with Crippen LogP contribution >= 0.6 is 11.9 Å². The van der Waals surface area contributed by atoms with Crippen LogP contribution in [0.5, 0.6) is 0 Å². The average Bonchev–Trinajstić information content (AvgIpc) is 3.36. The Hall–Kier alpha value is -1.89. The molecule has 3 N–H and O–H groups in total. The van der Waals surface area contributed by atoms with Crippen molar-refractivity contribution in [2.45, 2.75) is 62.9 Å². The second kappa shape index (κ2) is 9.28. The van der Waals surface area contributed by atoms with Crippen molar-refractivity contribution in [3.05, 3.63) is 57.9 Å². The molecule has 0 spiro atoms. The highest BCUT2D eigenvalue weighted by molar-refractivity contribution is 7.97. The first-order valence-corrected chi connectivity index (χ1v) is 10.9. The van der Waals surface area contributed by atoms with Crippen LogP contribution in [0.4, 0.5) is 10.1 Å². The molecule has 2 aromatic carbocycles. The van der Waals surface area contributed by atoms with Crippen LogP contribution < -0.4 is 10.0 Å². The maximum Gasteiger partial charge on any atom is 0.211 e. The van der Waals surface area contributed by atoms with Gasteiger partial charge in [0.25, 0.3) is 0 Å². The minimum Gasteiger partial charge on any atom is -0.386 e. The number of nitrogens with one attached hydrogen (secondary N) is 2. The molecule has 2 aliphatic rings. The smallest absolute Gasteiger partial charge is 0.211 e. The molecule has 2 aliphatic carbocycles. The Morgan fingerprint density at radius 1 is 1.07 bits per heavy atom. The third kappa shape index (κ3) is 4.82. The highest BCUT2D eigenvalue weighted by Crippen LogP contribution is 2.40. The van der Waals surface area contributed by atoms with E-state index in [2.05, 4.69) is 10.0 Å². The van der Waals surface area contributed by atoms with E-state index in [0.29, 0.717) is 6.41 Å². The molecule has 6 heteroatoms. The van der Waals surface area contributed by atoms with Crippen LogP contribution in [-0.2, 0) is 36.1 Å². The lowest BCUT2D eigenvalue weighted by atomic mass is 9.98. The Bertz CT molecular complexity index is 858. The summed E-state index contributed by atoms with van der Waals surface area (Å²) >= 11 is 1.54. The van der Waals surface area contributed by atoms with Crippen molar-refractivity contribution in [2.24, 2.45) is 0 Å². The van der Waals surface area contributed by atoms with Crippen molar-refractivity contribution < 1.29 is 14.3 Å². The quantitative estimate of drug-likeness (QED) is 0.496. The van der Waals surface area contributed by atoms with E-state index in [1.54, 1.807) is 25.8 Å². The SMILES string of the molecule is CNSc1cccc(C(C)(C)O)c1.O=CNc1c2c(c(F)c3c1CCC3)CCC2. The van der Waals surface area contributed by atoms with Gasteiger partial charge in [-0.3, -0.25) is 9.52 Å². The van der Waals surface area contributed by atoms with Gasteiger partial charge in [0.15, 0.2) is 0 Å². The van der Waals surface area contributed by atoms with Crippen molar-refractivity contribution in [1.82, 2.24) is 4.72 Å². The molecule has 0 unspecified atom stereocenters. The molecule has 2 aromatic rings. The molecule has 0 bridgehead atoms. The molecule has 0 saturated heterocycles. The Morgan fingerprint density at radius 2 is 1.66 bits per heavy atom. The zero-order chi connectivity index (χ0) is 21.0. The van der Waals surface area contributed by atoms with Crippen molar-refractivity contribution in [1.29, 1.82) is 0 Å². The number of rotatable bonds is 5. The third-order valence-corrected chi connectivity index (χ3v) is 6.23. The second-order valence-corrected chi connectivity index (χ2v) is 9.05. The first-order valence-electron chi connectivity index (χ1n) is 10.1. The first-order chi connectivity index (χ1) is 13.9. The van der Waals surface area contributed by atoms with Gasteiger partial charge in [0.2, 0.25) is 6.41 Å². The van der Waals surface area contributed by atoms with Gasteiger partial charge in [-0.25, -0.2) is 4.39 Å². The topological polar surface area (TPSA) is 61.4 Å². The van der Waals surface area contributed by atoms with E-state index in [9.17, 15) is 14.3 Å². The van der Waals surface area contributed by atoms with E-state index < -0.39 is 5.60 Å². The molecule has 0 aliphatic heterocycles. The molecule has 4 nitrogen and oxygen atoms in total. The zero-order valence-electron chi connectivity index (χ0n) is 17.3. The molecule has 1 amide bonds. The zero-order valence-corrected chi connectivity index (χ0v) is 18.1. The van der Waals surface area contributed by atoms with E-state index in [1.807, 2.05) is 31.3 Å². The molecule has 4 rings (SSSR count). The van der Waals surface area contributed by atoms with Crippen molar-refractivity contribution in [2.75, 3.05) is 12.4 Å². The lowest BCUT2D eigenvalue weighted by Crippen LogP contribution is -2.15. The van der Waals surface area contributed by atoms with Gasteiger partial charge >= 0.3 is 0 Å². The summed E-state index contributed by atoms with van der Waals surface area (Å²) in [6.07, 6.45) is 6.16. The van der Waals surface area contributed by atoms with Gasteiger partial charge in [0, 0.05) is 10.6 Å². The van der Waals surface area contributed by atoms with Gasteiger partial charge in [0.05, 0.1) is 5.60 Å². The Kier molecular flexibility index (Phi) is 6.98. The summed E-state index contributed by atoms with van der Waals surface area (Å²) in [6.45, 7) is 3.58. The summed E-state index contributed by atoms with van der Waals surface area (Å²) in [4.78, 5) is 11.8. The Labute approximate surface area is 176 Å². The number of benzene rings is 2. The molecular weight excluding hydrogens is 387 g/mol. The van der Waals surface area contributed by atoms with Gasteiger partial charge in [-0.15, -0.1) is 0 Å². The van der Waals surface area contributed by atoms with E-state index in [1.165, 1.54) is 0 Å². The second-order valence-electron chi connectivity index (χ2n) is 7.97. The van der Waals surface area contributed by atoms with Gasteiger partial charge in [-0.05, 0) is 111 Å². The van der Waals surface area contributed by atoms with E-state index in [4.69, 9.17) is 0 Å². The number of halogens is 1. The van der Waals surface area contributed by atoms with Crippen molar-refractivity contribution in [3.8, 4) is 0 Å². The van der Waals surface area contributed by atoms with Crippen LogP contribution in [0.15, 0.2) is 29.2 Å². The number of hydrogen-bond acceptors (Lipinski definition) is 4. The van der Waals surface area contributed by atoms with Crippen molar-refractivity contribution in [3.63, 3.8) is 0 Å². The summed E-state index contributed by atoms with van der Waals surface area (Å²) in [5, 5.41) is 12.5. The largest absolute Gasteiger partial charge is 0.386 e. The fourth-order valence-corrected chi connectivity index (χ4v) is 4.75. The number of aliphatic hydroxyl groups is 1. The minimum atomic E-state index is -0.760. The predicted octanol–water partition coefficient (Wildman–Crippen LogP) is 4.51. The fourth-order valence-electron chi connectivity index (χ4n) is 4.18. The number of amides is 1. The van der Waals surface area contributed by atoms with Crippen LogP contribution in [0.2, 0.25) is 0 Å². The molecule has 0 atom stereocenters. The molecule has 0 aromatic heterocycles. The van der Waals surface area contributed by atoms with Gasteiger partial charge in [-0.1, -0.05) is 12.1 Å². The van der Waals surface area contributed by atoms with Gasteiger partial charge in [0.1, 0.15) is 5.82 Å². The molecule has 0 saturated carbocycles. The minimum absolute atomic E-state index is 0.0106. The summed E-state index contributed by atoms with van der Waals surface area (Å²) in [5.41, 5.74) is 4.89. The Balaban J connectivity index is 0.000000170. The maximum atomic E-state index is 14.2. The highest BCUT2D eigenvalue weighted by atomic mass is 32.2. The summed E-state index contributed by atoms with van der Waals surface area (Å²) < 4.78 is 17.2. The lowest BCUT2D eigenvalue weighted by Gasteiger charge is -2.18. The van der Waals surface area contributed by atoms with Gasteiger partial charge < -0.3 is 10.4 Å². The monoisotopic (exact) mass is 416 g/mol. The maximum absolute atomic E-state index is 14.2. The first kappa shape index (κ1) is 21.8. The van der Waals surface area contributed by atoms with Crippen LogP contribution in [0, 0.1) is 5.82 Å². The number of anilines is 1. The molecule has 156 valence electrons. The Morgan fingerprint density at radius 3 is 2.17 bits per heavy atom. The molecule has 0 radical (unpaired) electrons. The average molecular weight is 417 g/mol. The molecular formula is C23H29FN2O2S. The lowest BCUT2D eigenvalue weighted by molar-refractivity contribution is -0.105. The van der Waals surface area contributed by atoms with Crippen LogP contribution in [0.3, 0.4) is 0 Å². The van der Waals surface area contributed by atoms with E-state index >= 15 is 0 Å². The molecule has 29 heavy (non-hydrogen) atoms. The van der Waals surface area contributed by atoms with E-state index in [0.717, 1.165) is 76.9 Å². The molecule has 0 heterocycles. The van der Waals surface area contributed by atoms with Crippen molar-refractivity contribution >= 4 is 24.0 Å². The predicted molar refractivity (Wildman–Crippen MR) is 117 cm³/mol. The van der Waals surface area contributed by atoms with Crippen LogP contribution in [-0.4, -0.2) is 18.6 Å². The third-order valence-electron chi connectivity index (χ3n) is 5.53. The normalized spacial score (nSPS) is 14.7. The standard InChI is InChI=1S/C13H14FNO.C10H15NOS/c14-12-8-3-1-5-10(8)13(15-7-16)11-6-2-4-9(11)12;1-10(2,12)8-5-4-6-9(7-8)13-11-3/h7H,1-6H2,(H,15,16);4-7,11-12H,1-3H3. The van der Waals surface area contributed by atoms with Crippen LogP contribution in [0.1, 0.15) is 54.5 Å². The highest BCUT2D eigenvalue weighted by Gasteiger charge is 2.28. The van der Waals surface area contributed by atoms with Crippen LogP contribution in [0.25, 0.3) is 0 Å². The summed E-state index contributed by atoms with van der Waals surface area (Å²) in [7, 11) is 1.88. The number of hydrogen-bond donors (Lipinski definition) is 3. The number of fused-ring (bicyclic) bond motifs is 2. The van der Waals surface area contributed by atoms with Gasteiger partial charge in [-0.2, -0.15) is 0 Å². The number of carbonyl (C=O) groups excluding carboxylic acids is 1. The van der Waals surface area contributed by atoms with E-state index in [-0.39, 0.29) is 5.82 Å². The fraction of sp³-hybridized carbons (Fsp3) is 0.435.